The monoisotopic (exact) mass is 243 g/mol. The maximum Gasteiger partial charge on any atom is 0.254 e. The fraction of sp³-hybridized carbons (Fsp3) is 0.375. The van der Waals surface area contributed by atoms with E-state index in [1.165, 1.54) is 18.7 Å². The van der Waals surface area contributed by atoms with E-state index in [9.17, 15) is 4.79 Å². The highest BCUT2D eigenvalue weighted by Crippen LogP contribution is 1.92. The lowest BCUT2D eigenvalue weighted by Crippen LogP contribution is -2.24. The minimum absolute atomic E-state index is 0.124. The summed E-state index contributed by atoms with van der Waals surface area (Å²) in [6.45, 7) is 0.666. The Morgan fingerprint density at radius 2 is 2.15 bits per heavy atom. The van der Waals surface area contributed by atoms with Crippen LogP contribution in [0.5, 0.6) is 0 Å². The third kappa shape index (κ3) is 3.50. The van der Waals surface area contributed by atoms with Gasteiger partial charge in [-0.2, -0.15) is 0 Å². The zero-order valence-corrected chi connectivity index (χ0v) is 8.62. The molecular formula is C8H10BrN3O. The van der Waals surface area contributed by atoms with Crippen LogP contribution in [0, 0.1) is 0 Å². The zero-order chi connectivity index (χ0) is 9.52. The Labute approximate surface area is 84.9 Å². The molecule has 1 N–H and O–H groups in total. The molecule has 5 heteroatoms. The molecule has 70 valence electrons. The normalized spacial score (nSPS) is 9.62. The molecule has 0 aliphatic carbocycles. The predicted molar refractivity (Wildman–Crippen MR) is 52.8 cm³/mol. The Morgan fingerprint density at radius 1 is 1.46 bits per heavy atom. The summed E-state index contributed by atoms with van der Waals surface area (Å²) in [5.41, 5.74) is 0.497. The number of carbonyl (C=O) groups is 1. The first kappa shape index (κ1) is 10.1. The molecule has 1 heterocycles. The second-order valence-electron chi connectivity index (χ2n) is 2.43. The van der Waals surface area contributed by atoms with E-state index < -0.39 is 0 Å². The fourth-order valence-electron chi connectivity index (χ4n) is 0.787. The van der Waals surface area contributed by atoms with Gasteiger partial charge in [0.2, 0.25) is 0 Å². The molecular weight excluding hydrogens is 234 g/mol. The van der Waals surface area contributed by atoms with Crippen LogP contribution < -0.4 is 5.32 Å². The largest absolute Gasteiger partial charge is 0.352 e. The molecule has 0 aliphatic rings. The Morgan fingerprint density at radius 3 is 2.77 bits per heavy atom. The van der Waals surface area contributed by atoms with Gasteiger partial charge in [-0.15, -0.1) is 0 Å². The molecule has 0 bridgehead atoms. The lowest BCUT2D eigenvalue weighted by atomic mass is 10.3. The highest BCUT2D eigenvalue weighted by atomic mass is 79.9. The van der Waals surface area contributed by atoms with Crippen molar-refractivity contribution >= 4 is 21.8 Å². The van der Waals surface area contributed by atoms with Gasteiger partial charge in [0, 0.05) is 24.3 Å². The number of hydrogen-bond acceptors (Lipinski definition) is 3. The van der Waals surface area contributed by atoms with Crippen LogP contribution in [0.1, 0.15) is 16.8 Å². The number of carbonyl (C=O) groups excluding carboxylic acids is 1. The highest BCUT2D eigenvalue weighted by Gasteiger charge is 2.03. The number of amides is 1. The van der Waals surface area contributed by atoms with E-state index in [-0.39, 0.29) is 5.91 Å². The van der Waals surface area contributed by atoms with Gasteiger partial charge in [0.25, 0.3) is 5.91 Å². The first-order chi connectivity index (χ1) is 6.34. The predicted octanol–water partition coefficient (Wildman–Crippen LogP) is 0.991. The van der Waals surface area contributed by atoms with Crippen molar-refractivity contribution < 1.29 is 4.79 Å². The molecule has 0 atom stereocenters. The van der Waals surface area contributed by atoms with Crippen molar-refractivity contribution in [2.24, 2.45) is 0 Å². The lowest BCUT2D eigenvalue weighted by Gasteiger charge is -2.01. The van der Waals surface area contributed by atoms with Gasteiger partial charge in [0.1, 0.15) is 6.33 Å². The Kier molecular flexibility index (Phi) is 4.39. The van der Waals surface area contributed by atoms with Crippen LogP contribution in [0.3, 0.4) is 0 Å². The van der Waals surface area contributed by atoms with Crippen LogP contribution >= 0.6 is 15.9 Å². The van der Waals surface area contributed by atoms with Crippen LogP contribution in [-0.2, 0) is 0 Å². The maximum absolute atomic E-state index is 11.3. The van der Waals surface area contributed by atoms with Crippen LogP contribution in [0.4, 0.5) is 0 Å². The average Bonchev–Trinajstić information content (AvgIpc) is 2.19. The molecule has 0 aliphatic heterocycles. The van der Waals surface area contributed by atoms with Crippen LogP contribution in [-0.4, -0.2) is 27.7 Å². The SMILES string of the molecule is O=C(NCCCBr)c1cncnc1. The number of nitrogens with one attached hydrogen (secondary N) is 1. The number of nitrogens with zero attached hydrogens (tertiary/aromatic N) is 2. The molecule has 1 aromatic heterocycles. The molecule has 0 saturated carbocycles. The summed E-state index contributed by atoms with van der Waals surface area (Å²) in [5.74, 6) is -0.124. The van der Waals surface area contributed by atoms with Gasteiger partial charge >= 0.3 is 0 Å². The van der Waals surface area contributed by atoms with E-state index in [1.54, 1.807) is 0 Å². The van der Waals surface area contributed by atoms with Crippen molar-refractivity contribution in [3.05, 3.63) is 24.3 Å². The molecule has 1 rings (SSSR count). The van der Waals surface area contributed by atoms with E-state index >= 15 is 0 Å². The molecule has 0 aromatic carbocycles. The van der Waals surface area contributed by atoms with Crippen molar-refractivity contribution in [2.45, 2.75) is 6.42 Å². The van der Waals surface area contributed by atoms with Gasteiger partial charge in [-0.3, -0.25) is 4.79 Å². The van der Waals surface area contributed by atoms with E-state index in [2.05, 4.69) is 31.2 Å². The fourth-order valence-corrected chi connectivity index (χ4v) is 1.07. The minimum Gasteiger partial charge on any atom is -0.352 e. The molecule has 0 unspecified atom stereocenters. The summed E-state index contributed by atoms with van der Waals surface area (Å²) in [7, 11) is 0. The van der Waals surface area contributed by atoms with E-state index in [0.717, 1.165) is 11.8 Å². The molecule has 0 fully saturated rings. The van der Waals surface area contributed by atoms with E-state index in [0.29, 0.717) is 12.1 Å². The summed E-state index contributed by atoms with van der Waals surface area (Å²) >= 11 is 3.28. The maximum atomic E-state index is 11.3. The molecule has 1 amide bonds. The highest BCUT2D eigenvalue weighted by molar-refractivity contribution is 9.09. The van der Waals surface area contributed by atoms with Crippen molar-refractivity contribution in [3.8, 4) is 0 Å². The number of rotatable bonds is 4. The Hall–Kier alpha value is -0.970. The summed E-state index contributed by atoms with van der Waals surface area (Å²) in [5, 5.41) is 3.64. The molecule has 0 radical (unpaired) electrons. The van der Waals surface area contributed by atoms with Crippen molar-refractivity contribution in [2.75, 3.05) is 11.9 Å². The quantitative estimate of drug-likeness (QED) is 0.634. The number of hydrogen-bond donors (Lipinski definition) is 1. The second kappa shape index (κ2) is 5.64. The lowest BCUT2D eigenvalue weighted by molar-refractivity contribution is 0.0953. The van der Waals surface area contributed by atoms with Crippen LogP contribution in [0.15, 0.2) is 18.7 Å². The van der Waals surface area contributed by atoms with Gasteiger partial charge in [0.15, 0.2) is 0 Å². The summed E-state index contributed by atoms with van der Waals surface area (Å²) in [4.78, 5) is 18.8. The Balaban J connectivity index is 2.40. The van der Waals surface area contributed by atoms with Crippen molar-refractivity contribution in [1.29, 1.82) is 0 Å². The minimum atomic E-state index is -0.124. The first-order valence-electron chi connectivity index (χ1n) is 3.94. The Bertz CT molecular complexity index is 265. The van der Waals surface area contributed by atoms with Gasteiger partial charge in [-0.05, 0) is 6.42 Å². The van der Waals surface area contributed by atoms with Gasteiger partial charge in [-0.25, -0.2) is 9.97 Å². The third-order valence-corrected chi connectivity index (χ3v) is 1.98. The van der Waals surface area contributed by atoms with E-state index in [1.807, 2.05) is 0 Å². The van der Waals surface area contributed by atoms with Crippen LogP contribution in [0.25, 0.3) is 0 Å². The summed E-state index contributed by atoms with van der Waals surface area (Å²) in [6.07, 6.45) is 5.31. The summed E-state index contributed by atoms with van der Waals surface area (Å²) in [6, 6.07) is 0. The molecule has 0 spiro atoms. The second-order valence-corrected chi connectivity index (χ2v) is 3.22. The number of alkyl halides is 1. The van der Waals surface area contributed by atoms with Gasteiger partial charge < -0.3 is 5.32 Å². The zero-order valence-electron chi connectivity index (χ0n) is 7.03. The number of aromatic nitrogens is 2. The third-order valence-electron chi connectivity index (χ3n) is 1.42. The van der Waals surface area contributed by atoms with Crippen molar-refractivity contribution in [1.82, 2.24) is 15.3 Å². The first-order valence-corrected chi connectivity index (χ1v) is 5.06. The van der Waals surface area contributed by atoms with Crippen molar-refractivity contribution in [3.63, 3.8) is 0 Å². The average molecular weight is 244 g/mol. The molecule has 13 heavy (non-hydrogen) atoms. The molecule has 1 aromatic rings. The number of halogens is 1. The van der Waals surface area contributed by atoms with Crippen LogP contribution in [0.2, 0.25) is 0 Å². The molecule has 4 nitrogen and oxygen atoms in total. The summed E-state index contributed by atoms with van der Waals surface area (Å²) < 4.78 is 0. The molecule has 0 saturated heterocycles. The van der Waals surface area contributed by atoms with Gasteiger partial charge in [0.05, 0.1) is 5.56 Å². The van der Waals surface area contributed by atoms with E-state index in [4.69, 9.17) is 0 Å². The smallest absolute Gasteiger partial charge is 0.254 e. The topological polar surface area (TPSA) is 54.9 Å². The van der Waals surface area contributed by atoms with Gasteiger partial charge in [-0.1, -0.05) is 15.9 Å². The standard InChI is InChI=1S/C8H10BrN3O/c9-2-1-3-12-8(13)7-4-10-6-11-5-7/h4-6H,1-3H2,(H,12,13).